The molecule has 2 rings (SSSR count). The maximum absolute atomic E-state index is 12.0. The number of hydrogen-bond acceptors (Lipinski definition) is 4. The molecule has 6 nitrogen and oxygen atoms in total. The van der Waals surface area contributed by atoms with Crippen LogP contribution in [0.1, 0.15) is 12.5 Å². The molecule has 27 heavy (non-hydrogen) atoms. The second kappa shape index (κ2) is 9.23. The third-order valence-electron chi connectivity index (χ3n) is 4.04. The van der Waals surface area contributed by atoms with Crippen molar-refractivity contribution in [2.24, 2.45) is 0 Å². The van der Waals surface area contributed by atoms with Crippen LogP contribution < -0.4 is 14.9 Å². The summed E-state index contributed by atoms with van der Waals surface area (Å²) in [5, 5.41) is 2.89. The molecular formula is C20H25N3O3S. The van der Waals surface area contributed by atoms with Gasteiger partial charge in [0.2, 0.25) is 15.9 Å². The number of likely N-dealkylation sites (N-methyl/N-ethyl adjacent to an activating group) is 1. The van der Waals surface area contributed by atoms with Crippen LogP contribution in [-0.2, 0) is 14.8 Å². The van der Waals surface area contributed by atoms with Crippen LogP contribution in [0.15, 0.2) is 60.7 Å². The van der Waals surface area contributed by atoms with Gasteiger partial charge in [0.05, 0.1) is 6.26 Å². The zero-order chi connectivity index (χ0) is 19.9. The minimum atomic E-state index is -3.29. The van der Waals surface area contributed by atoms with Gasteiger partial charge in [-0.15, -0.1) is 0 Å². The lowest BCUT2D eigenvalue weighted by atomic mass is 10.2. The van der Waals surface area contributed by atoms with Crippen LogP contribution in [0.25, 0.3) is 6.08 Å². The summed E-state index contributed by atoms with van der Waals surface area (Å²) in [5.41, 5.74) is 2.38. The molecular weight excluding hydrogens is 362 g/mol. The normalized spacial score (nSPS) is 12.6. The average Bonchev–Trinajstić information content (AvgIpc) is 2.64. The van der Waals surface area contributed by atoms with Gasteiger partial charge in [-0.1, -0.05) is 30.3 Å². The van der Waals surface area contributed by atoms with Crippen molar-refractivity contribution in [2.45, 2.75) is 13.0 Å². The van der Waals surface area contributed by atoms with Gasteiger partial charge in [0.25, 0.3) is 0 Å². The van der Waals surface area contributed by atoms with Gasteiger partial charge in [0.15, 0.2) is 0 Å². The van der Waals surface area contributed by atoms with Crippen LogP contribution in [0, 0.1) is 0 Å². The zero-order valence-corrected chi connectivity index (χ0v) is 16.5. The molecule has 0 bridgehead atoms. The van der Waals surface area contributed by atoms with Crippen molar-refractivity contribution in [1.82, 2.24) is 5.32 Å². The van der Waals surface area contributed by atoms with Crippen LogP contribution in [0.3, 0.4) is 0 Å². The number of sulfonamides is 1. The number of nitrogens with one attached hydrogen (secondary N) is 2. The first-order valence-corrected chi connectivity index (χ1v) is 10.5. The van der Waals surface area contributed by atoms with Crippen LogP contribution in [0.4, 0.5) is 11.4 Å². The van der Waals surface area contributed by atoms with Gasteiger partial charge in [-0.05, 0) is 42.8 Å². The SMILES string of the molecule is CC(CNC(=O)/C=C/c1ccc(NS(C)(=O)=O)cc1)N(C)c1ccccc1. The molecule has 2 N–H and O–H groups in total. The molecule has 2 aromatic carbocycles. The van der Waals surface area contributed by atoms with Crippen molar-refractivity contribution in [3.8, 4) is 0 Å². The van der Waals surface area contributed by atoms with Crippen LogP contribution in [0.2, 0.25) is 0 Å². The fraction of sp³-hybridized carbons (Fsp3) is 0.250. The highest BCUT2D eigenvalue weighted by atomic mass is 32.2. The van der Waals surface area contributed by atoms with Crippen molar-refractivity contribution < 1.29 is 13.2 Å². The van der Waals surface area contributed by atoms with E-state index in [2.05, 4.69) is 14.9 Å². The van der Waals surface area contributed by atoms with E-state index in [1.165, 1.54) is 6.08 Å². The first-order chi connectivity index (χ1) is 12.7. The summed E-state index contributed by atoms with van der Waals surface area (Å²) >= 11 is 0. The Morgan fingerprint density at radius 2 is 1.74 bits per heavy atom. The van der Waals surface area contributed by atoms with Gasteiger partial charge in [0, 0.05) is 37.1 Å². The summed E-state index contributed by atoms with van der Waals surface area (Å²) in [6.07, 6.45) is 4.25. The Morgan fingerprint density at radius 1 is 1.11 bits per heavy atom. The third kappa shape index (κ3) is 7.15. The Labute approximate surface area is 161 Å². The number of carbonyl (C=O) groups is 1. The lowest BCUT2D eigenvalue weighted by molar-refractivity contribution is -0.116. The van der Waals surface area contributed by atoms with E-state index < -0.39 is 10.0 Å². The molecule has 0 saturated heterocycles. The predicted molar refractivity (Wildman–Crippen MR) is 111 cm³/mol. The van der Waals surface area contributed by atoms with Crippen molar-refractivity contribution in [3.63, 3.8) is 0 Å². The molecule has 144 valence electrons. The summed E-state index contributed by atoms with van der Waals surface area (Å²) < 4.78 is 24.8. The van der Waals surface area contributed by atoms with Gasteiger partial charge in [-0.2, -0.15) is 0 Å². The fourth-order valence-corrected chi connectivity index (χ4v) is 2.97. The fourth-order valence-electron chi connectivity index (χ4n) is 2.41. The Bertz CT molecular complexity index is 878. The molecule has 1 amide bonds. The van der Waals surface area contributed by atoms with E-state index in [1.807, 2.05) is 44.3 Å². The molecule has 0 radical (unpaired) electrons. The minimum Gasteiger partial charge on any atom is -0.370 e. The van der Waals surface area contributed by atoms with E-state index in [0.29, 0.717) is 12.2 Å². The second-order valence-corrected chi connectivity index (χ2v) is 8.12. The Morgan fingerprint density at radius 3 is 2.33 bits per heavy atom. The number of carbonyl (C=O) groups excluding carboxylic acids is 1. The molecule has 0 spiro atoms. The molecule has 0 aliphatic heterocycles. The molecule has 0 aromatic heterocycles. The molecule has 0 heterocycles. The molecule has 2 aromatic rings. The summed E-state index contributed by atoms with van der Waals surface area (Å²) in [6, 6.07) is 16.9. The van der Waals surface area contributed by atoms with Crippen molar-refractivity contribution >= 4 is 33.4 Å². The minimum absolute atomic E-state index is 0.145. The first kappa shape index (κ1) is 20.5. The number of para-hydroxylation sites is 1. The molecule has 0 fully saturated rings. The lowest BCUT2D eigenvalue weighted by Crippen LogP contribution is -2.39. The maximum Gasteiger partial charge on any atom is 0.244 e. The van der Waals surface area contributed by atoms with Crippen LogP contribution >= 0.6 is 0 Å². The third-order valence-corrected chi connectivity index (χ3v) is 4.64. The van der Waals surface area contributed by atoms with Gasteiger partial charge in [-0.3, -0.25) is 9.52 Å². The van der Waals surface area contributed by atoms with Crippen LogP contribution in [0.5, 0.6) is 0 Å². The van der Waals surface area contributed by atoms with Gasteiger partial charge >= 0.3 is 0 Å². The molecule has 0 aliphatic carbocycles. The van der Waals surface area contributed by atoms with E-state index in [4.69, 9.17) is 0 Å². The van der Waals surface area contributed by atoms with Crippen molar-refractivity contribution in [2.75, 3.05) is 29.5 Å². The summed E-state index contributed by atoms with van der Waals surface area (Å²) in [5.74, 6) is -0.179. The van der Waals surface area contributed by atoms with E-state index >= 15 is 0 Å². The summed E-state index contributed by atoms with van der Waals surface area (Å²) in [7, 11) is -1.30. The molecule has 0 saturated carbocycles. The van der Waals surface area contributed by atoms with Crippen molar-refractivity contribution in [1.29, 1.82) is 0 Å². The lowest BCUT2D eigenvalue weighted by Gasteiger charge is -2.27. The van der Waals surface area contributed by atoms with Crippen LogP contribution in [-0.4, -0.2) is 40.2 Å². The predicted octanol–water partition coefficient (Wildman–Crippen LogP) is 2.71. The Hall–Kier alpha value is -2.80. The quantitative estimate of drug-likeness (QED) is 0.683. The van der Waals surface area contributed by atoms with Crippen molar-refractivity contribution in [3.05, 3.63) is 66.2 Å². The highest BCUT2D eigenvalue weighted by Crippen LogP contribution is 2.14. The van der Waals surface area contributed by atoms with E-state index in [0.717, 1.165) is 17.5 Å². The van der Waals surface area contributed by atoms with Gasteiger partial charge in [0.1, 0.15) is 0 Å². The average molecular weight is 388 g/mol. The monoisotopic (exact) mass is 387 g/mol. The first-order valence-electron chi connectivity index (χ1n) is 8.56. The molecule has 7 heteroatoms. The highest BCUT2D eigenvalue weighted by Gasteiger charge is 2.10. The number of hydrogen-bond donors (Lipinski definition) is 2. The van der Waals surface area contributed by atoms with E-state index in [9.17, 15) is 13.2 Å². The van der Waals surface area contributed by atoms with Gasteiger partial charge in [-0.25, -0.2) is 8.42 Å². The number of benzene rings is 2. The molecule has 1 unspecified atom stereocenters. The zero-order valence-electron chi connectivity index (χ0n) is 15.7. The largest absolute Gasteiger partial charge is 0.370 e. The summed E-state index contributed by atoms with van der Waals surface area (Å²) in [4.78, 5) is 14.1. The number of rotatable bonds is 8. The maximum atomic E-state index is 12.0. The van der Waals surface area contributed by atoms with E-state index in [1.54, 1.807) is 30.3 Å². The number of nitrogens with zero attached hydrogens (tertiary/aromatic N) is 1. The number of anilines is 2. The highest BCUT2D eigenvalue weighted by molar-refractivity contribution is 7.92. The standard InChI is InChI=1S/C20H25N3O3S/c1-16(23(2)19-7-5-4-6-8-19)15-21-20(24)14-11-17-9-12-18(13-10-17)22-27(3,25)26/h4-14,16,22H,15H2,1-3H3,(H,21,24)/b14-11+. The van der Waals surface area contributed by atoms with E-state index in [-0.39, 0.29) is 11.9 Å². The Kier molecular flexibility index (Phi) is 7.01. The topological polar surface area (TPSA) is 78.5 Å². The molecule has 1 atom stereocenters. The second-order valence-electron chi connectivity index (χ2n) is 6.37. The Balaban J connectivity index is 1.84. The number of amides is 1. The van der Waals surface area contributed by atoms with Gasteiger partial charge < -0.3 is 10.2 Å². The summed E-state index contributed by atoms with van der Waals surface area (Å²) in [6.45, 7) is 2.57. The smallest absolute Gasteiger partial charge is 0.244 e. The molecule has 0 aliphatic rings.